The number of hydrogen-bond acceptors (Lipinski definition) is 6. The molecule has 1 aromatic heterocycles. The Labute approximate surface area is 162 Å². The summed E-state index contributed by atoms with van der Waals surface area (Å²) in [6, 6.07) is 18.0. The SMILES string of the molecule is Cc1ccc(NCc2nnc(SC(C)C(=O)NN)n2-c2ccccc2)cc1. The maximum atomic E-state index is 11.8. The zero-order valence-electron chi connectivity index (χ0n) is 15.2. The third-order valence-electron chi connectivity index (χ3n) is 4.01. The first-order valence-electron chi connectivity index (χ1n) is 8.56. The summed E-state index contributed by atoms with van der Waals surface area (Å²) in [5.41, 5.74) is 5.32. The molecule has 27 heavy (non-hydrogen) atoms. The van der Waals surface area contributed by atoms with E-state index in [2.05, 4.69) is 40.0 Å². The molecule has 1 amide bonds. The second-order valence-electron chi connectivity index (χ2n) is 6.06. The number of rotatable bonds is 7. The number of amides is 1. The van der Waals surface area contributed by atoms with Crippen LogP contribution in [0.4, 0.5) is 5.69 Å². The van der Waals surface area contributed by atoms with Gasteiger partial charge in [-0.1, -0.05) is 47.7 Å². The van der Waals surface area contributed by atoms with Gasteiger partial charge in [0.05, 0.1) is 11.8 Å². The molecule has 0 spiro atoms. The molecule has 0 aliphatic carbocycles. The summed E-state index contributed by atoms with van der Waals surface area (Å²) in [6.45, 7) is 4.34. The van der Waals surface area contributed by atoms with E-state index in [0.717, 1.165) is 17.2 Å². The smallest absolute Gasteiger partial charge is 0.247 e. The maximum absolute atomic E-state index is 11.8. The van der Waals surface area contributed by atoms with Crippen LogP contribution in [-0.4, -0.2) is 25.9 Å². The van der Waals surface area contributed by atoms with E-state index in [9.17, 15) is 4.79 Å². The number of carbonyl (C=O) groups is 1. The summed E-state index contributed by atoms with van der Waals surface area (Å²) in [7, 11) is 0. The molecule has 1 heterocycles. The molecule has 8 heteroatoms. The summed E-state index contributed by atoms with van der Waals surface area (Å²) in [6.07, 6.45) is 0. The van der Waals surface area contributed by atoms with Crippen LogP contribution in [0, 0.1) is 6.92 Å². The molecule has 2 aromatic carbocycles. The normalized spacial score (nSPS) is 11.8. The predicted molar refractivity (Wildman–Crippen MR) is 108 cm³/mol. The van der Waals surface area contributed by atoms with Gasteiger partial charge in [-0.15, -0.1) is 10.2 Å². The molecule has 1 atom stereocenters. The molecule has 4 N–H and O–H groups in total. The van der Waals surface area contributed by atoms with E-state index < -0.39 is 0 Å². The van der Waals surface area contributed by atoms with Gasteiger partial charge in [-0.05, 0) is 38.1 Å². The molecule has 0 aliphatic rings. The summed E-state index contributed by atoms with van der Waals surface area (Å²) in [5, 5.41) is 12.2. The van der Waals surface area contributed by atoms with Gasteiger partial charge < -0.3 is 5.32 Å². The van der Waals surface area contributed by atoms with Crippen molar-refractivity contribution in [2.45, 2.75) is 30.8 Å². The van der Waals surface area contributed by atoms with E-state index in [0.29, 0.717) is 11.7 Å². The van der Waals surface area contributed by atoms with Gasteiger partial charge in [0, 0.05) is 11.4 Å². The standard InChI is InChI=1S/C19H22N6OS/c1-13-8-10-15(11-9-13)21-12-17-23-24-19(27-14(2)18(26)22-20)25(17)16-6-4-3-5-7-16/h3-11,14,21H,12,20H2,1-2H3,(H,22,26). The largest absolute Gasteiger partial charge is 0.378 e. The summed E-state index contributed by atoms with van der Waals surface area (Å²) in [4.78, 5) is 11.8. The number of benzene rings is 2. The number of hydrazine groups is 1. The van der Waals surface area contributed by atoms with Crippen LogP contribution in [0.15, 0.2) is 59.8 Å². The number of nitrogens with one attached hydrogen (secondary N) is 2. The average molecular weight is 382 g/mol. The molecular weight excluding hydrogens is 360 g/mol. The Balaban J connectivity index is 1.87. The minimum Gasteiger partial charge on any atom is -0.378 e. The summed E-state index contributed by atoms with van der Waals surface area (Å²) < 4.78 is 1.95. The molecule has 0 saturated carbocycles. The van der Waals surface area contributed by atoms with Gasteiger partial charge in [0.15, 0.2) is 11.0 Å². The highest BCUT2D eigenvalue weighted by atomic mass is 32.2. The number of para-hydroxylation sites is 1. The van der Waals surface area contributed by atoms with Crippen LogP contribution in [0.1, 0.15) is 18.3 Å². The van der Waals surface area contributed by atoms with Crippen LogP contribution in [-0.2, 0) is 11.3 Å². The zero-order valence-corrected chi connectivity index (χ0v) is 16.0. The first-order valence-corrected chi connectivity index (χ1v) is 9.44. The molecular formula is C19H22N6OS. The van der Waals surface area contributed by atoms with Gasteiger partial charge in [-0.3, -0.25) is 14.8 Å². The van der Waals surface area contributed by atoms with Crippen LogP contribution in [0.5, 0.6) is 0 Å². The van der Waals surface area contributed by atoms with Gasteiger partial charge >= 0.3 is 0 Å². The number of thioether (sulfide) groups is 1. The highest BCUT2D eigenvalue weighted by Gasteiger charge is 2.20. The van der Waals surface area contributed by atoms with E-state index in [1.807, 2.05) is 47.0 Å². The molecule has 140 valence electrons. The van der Waals surface area contributed by atoms with Crippen molar-refractivity contribution >= 4 is 23.4 Å². The Morgan fingerprint density at radius 2 is 1.85 bits per heavy atom. The lowest BCUT2D eigenvalue weighted by atomic mass is 10.2. The number of hydrogen-bond donors (Lipinski definition) is 3. The van der Waals surface area contributed by atoms with Gasteiger partial charge in [0.25, 0.3) is 0 Å². The third-order valence-corrected chi connectivity index (χ3v) is 5.05. The van der Waals surface area contributed by atoms with E-state index in [1.165, 1.54) is 17.3 Å². The van der Waals surface area contributed by atoms with Gasteiger partial charge in [0.1, 0.15) is 0 Å². The van der Waals surface area contributed by atoms with E-state index >= 15 is 0 Å². The van der Waals surface area contributed by atoms with Crippen molar-refractivity contribution in [3.8, 4) is 5.69 Å². The molecule has 0 aliphatic heterocycles. The molecule has 0 radical (unpaired) electrons. The van der Waals surface area contributed by atoms with Gasteiger partial charge in [-0.25, -0.2) is 5.84 Å². The average Bonchev–Trinajstić information content (AvgIpc) is 3.09. The fourth-order valence-electron chi connectivity index (χ4n) is 2.51. The van der Waals surface area contributed by atoms with Crippen molar-refractivity contribution in [1.29, 1.82) is 0 Å². The molecule has 0 fully saturated rings. The Bertz CT molecular complexity index is 894. The highest BCUT2D eigenvalue weighted by Crippen LogP contribution is 2.26. The Hall–Kier alpha value is -2.84. The van der Waals surface area contributed by atoms with Crippen molar-refractivity contribution < 1.29 is 4.79 Å². The van der Waals surface area contributed by atoms with Gasteiger partial charge in [0.2, 0.25) is 5.91 Å². The first kappa shape index (κ1) is 18.9. The third kappa shape index (κ3) is 4.66. The fraction of sp³-hybridized carbons (Fsp3) is 0.211. The lowest BCUT2D eigenvalue weighted by molar-refractivity contribution is -0.120. The van der Waals surface area contributed by atoms with Crippen molar-refractivity contribution in [3.05, 3.63) is 66.0 Å². The minimum absolute atomic E-state index is 0.262. The van der Waals surface area contributed by atoms with E-state index in [4.69, 9.17) is 5.84 Å². The fourth-order valence-corrected chi connectivity index (χ4v) is 3.40. The lowest BCUT2D eigenvalue weighted by Crippen LogP contribution is -2.36. The van der Waals surface area contributed by atoms with Crippen LogP contribution in [0.3, 0.4) is 0 Å². The van der Waals surface area contributed by atoms with E-state index in [-0.39, 0.29) is 11.2 Å². The number of aromatic nitrogens is 3. The minimum atomic E-state index is -0.389. The number of carbonyl (C=O) groups excluding carboxylic acids is 1. The lowest BCUT2D eigenvalue weighted by Gasteiger charge is -2.13. The molecule has 7 nitrogen and oxygen atoms in total. The summed E-state index contributed by atoms with van der Waals surface area (Å²) in [5.74, 6) is 5.73. The second kappa shape index (κ2) is 8.70. The van der Waals surface area contributed by atoms with Crippen molar-refractivity contribution in [1.82, 2.24) is 20.2 Å². The van der Waals surface area contributed by atoms with Gasteiger partial charge in [-0.2, -0.15) is 0 Å². The van der Waals surface area contributed by atoms with Crippen molar-refractivity contribution in [2.75, 3.05) is 5.32 Å². The van der Waals surface area contributed by atoms with Crippen molar-refractivity contribution in [3.63, 3.8) is 0 Å². The van der Waals surface area contributed by atoms with E-state index in [1.54, 1.807) is 6.92 Å². The molecule has 3 rings (SSSR count). The maximum Gasteiger partial charge on any atom is 0.247 e. The number of nitrogens with zero attached hydrogens (tertiary/aromatic N) is 3. The predicted octanol–water partition coefficient (Wildman–Crippen LogP) is 2.66. The monoisotopic (exact) mass is 382 g/mol. The Morgan fingerprint density at radius 1 is 1.15 bits per heavy atom. The Morgan fingerprint density at radius 3 is 2.52 bits per heavy atom. The van der Waals surface area contributed by atoms with Crippen LogP contribution >= 0.6 is 11.8 Å². The number of nitrogens with two attached hydrogens (primary N) is 1. The molecule has 0 bridgehead atoms. The quantitative estimate of drug-likeness (QED) is 0.252. The molecule has 3 aromatic rings. The first-order chi connectivity index (χ1) is 13.1. The number of aryl methyl sites for hydroxylation is 1. The topological polar surface area (TPSA) is 97.9 Å². The van der Waals surface area contributed by atoms with Crippen LogP contribution in [0.2, 0.25) is 0 Å². The second-order valence-corrected chi connectivity index (χ2v) is 7.37. The summed E-state index contributed by atoms with van der Waals surface area (Å²) >= 11 is 1.31. The zero-order chi connectivity index (χ0) is 19.2. The Kier molecular flexibility index (Phi) is 6.10. The van der Waals surface area contributed by atoms with Crippen LogP contribution in [0.25, 0.3) is 5.69 Å². The molecule has 0 saturated heterocycles. The molecule has 1 unspecified atom stereocenters. The van der Waals surface area contributed by atoms with Crippen LogP contribution < -0.4 is 16.6 Å². The van der Waals surface area contributed by atoms with Crippen molar-refractivity contribution in [2.24, 2.45) is 5.84 Å². The number of anilines is 1. The highest BCUT2D eigenvalue weighted by molar-refractivity contribution is 8.00.